The molecule has 3 aromatic carbocycles. The number of aryl methyl sites for hydroxylation is 4. The van der Waals surface area contributed by atoms with E-state index in [1.807, 2.05) is 42.5 Å². The van der Waals surface area contributed by atoms with E-state index < -0.39 is 11.6 Å². The van der Waals surface area contributed by atoms with Crippen molar-refractivity contribution in [1.29, 1.82) is 0 Å². The fraction of sp³-hybridized carbons (Fsp3) is 0.308. The zero-order chi connectivity index (χ0) is 32.2. The zero-order valence-electron chi connectivity index (χ0n) is 26.1. The standard InChI is InChI=1S/C39H37FN2O4/c1-42(24-31-6-2-3-11-32(31)36(45)19-17-34(43)29-14-12-25-7-4-9-27(25)22-29)38-21-16-33(40)39(41-38)37(46)20-18-35(44)30-15-13-26-8-5-10-28(26)23-30/h2-3,6,11-16,21-23H,4-5,7-10,17-20,24H2,1H3. The fourth-order valence-corrected chi connectivity index (χ4v) is 6.59. The number of pyridine rings is 1. The number of Topliss-reactive ketones (excluding diaryl/α,β-unsaturated/α-hetero) is 4. The zero-order valence-corrected chi connectivity index (χ0v) is 26.1. The average Bonchev–Trinajstić information content (AvgIpc) is 3.75. The molecule has 1 aromatic heterocycles. The van der Waals surface area contributed by atoms with Crippen LogP contribution in [0.15, 0.2) is 72.8 Å². The number of fused-ring (bicyclic) bond motifs is 2. The molecule has 0 saturated carbocycles. The van der Waals surface area contributed by atoms with Gasteiger partial charge in [-0.05, 0) is 90.6 Å². The second-order valence-electron chi connectivity index (χ2n) is 12.4. The van der Waals surface area contributed by atoms with E-state index in [1.165, 1.54) is 34.4 Å². The molecule has 0 aliphatic heterocycles. The van der Waals surface area contributed by atoms with Crippen LogP contribution in [0.2, 0.25) is 0 Å². The molecular weight excluding hydrogens is 579 g/mol. The Hall–Kier alpha value is -4.78. The van der Waals surface area contributed by atoms with Gasteiger partial charge in [-0.25, -0.2) is 9.37 Å². The predicted octanol–water partition coefficient (Wildman–Crippen LogP) is 7.53. The summed E-state index contributed by atoms with van der Waals surface area (Å²) in [4.78, 5) is 58.0. The van der Waals surface area contributed by atoms with Gasteiger partial charge in [-0.1, -0.05) is 48.5 Å². The first-order chi connectivity index (χ1) is 22.3. The van der Waals surface area contributed by atoms with E-state index in [-0.39, 0.29) is 55.3 Å². The van der Waals surface area contributed by atoms with Gasteiger partial charge in [0, 0.05) is 56.0 Å². The van der Waals surface area contributed by atoms with Crippen molar-refractivity contribution >= 4 is 29.0 Å². The van der Waals surface area contributed by atoms with E-state index in [0.29, 0.717) is 22.5 Å². The highest BCUT2D eigenvalue weighted by Crippen LogP contribution is 2.26. The summed E-state index contributed by atoms with van der Waals surface area (Å²) in [6.07, 6.45) is 6.27. The molecule has 7 heteroatoms. The number of halogens is 1. The lowest BCUT2D eigenvalue weighted by Gasteiger charge is -2.20. The minimum absolute atomic E-state index is 0.0245. The molecule has 0 spiro atoms. The Labute approximate surface area is 268 Å². The minimum Gasteiger partial charge on any atom is -0.355 e. The van der Waals surface area contributed by atoms with Crippen molar-refractivity contribution in [3.8, 4) is 0 Å². The summed E-state index contributed by atoms with van der Waals surface area (Å²) in [5.74, 6) is -1.23. The molecule has 2 aliphatic rings. The normalized spacial score (nSPS) is 13.3. The first-order valence-electron chi connectivity index (χ1n) is 16.1. The Morgan fingerprint density at radius 2 is 1.20 bits per heavy atom. The summed E-state index contributed by atoms with van der Waals surface area (Å²) in [5.41, 5.74) is 7.17. The van der Waals surface area contributed by atoms with Crippen LogP contribution < -0.4 is 4.90 Å². The lowest BCUT2D eigenvalue weighted by atomic mass is 9.96. The Balaban J connectivity index is 1.08. The monoisotopic (exact) mass is 616 g/mol. The molecule has 234 valence electrons. The molecule has 0 bridgehead atoms. The molecule has 6 rings (SSSR count). The number of carbonyl (C=O) groups excluding carboxylic acids is 4. The third-order valence-corrected chi connectivity index (χ3v) is 9.21. The topological polar surface area (TPSA) is 84.4 Å². The van der Waals surface area contributed by atoms with Gasteiger partial charge in [0.2, 0.25) is 0 Å². The van der Waals surface area contributed by atoms with Crippen molar-refractivity contribution in [1.82, 2.24) is 4.98 Å². The first kappa shape index (κ1) is 31.2. The summed E-state index contributed by atoms with van der Waals surface area (Å²) in [5, 5.41) is 0. The van der Waals surface area contributed by atoms with Gasteiger partial charge in [-0.3, -0.25) is 19.2 Å². The number of carbonyl (C=O) groups is 4. The van der Waals surface area contributed by atoms with E-state index in [9.17, 15) is 23.6 Å². The molecule has 0 atom stereocenters. The molecule has 0 radical (unpaired) electrons. The molecule has 46 heavy (non-hydrogen) atoms. The molecule has 0 amide bonds. The van der Waals surface area contributed by atoms with Crippen molar-refractivity contribution in [2.24, 2.45) is 0 Å². The highest BCUT2D eigenvalue weighted by atomic mass is 19.1. The van der Waals surface area contributed by atoms with Crippen molar-refractivity contribution in [3.63, 3.8) is 0 Å². The Bertz CT molecular complexity index is 1850. The number of benzene rings is 3. The number of rotatable bonds is 13. The lowest BCUT2D eigenvalue weighted by Crippen LogP contribution is -2.21. The Kier molecular flexibility index (Phi) is 9.29. The van der Waals surface area contributed by atoms with Gasteiger partial charge in [0.05, 0.1) is 0 Å². The van der Waals surface area contributed by atoms with Crippen LogP contribution in [0, 0.1) is 5.82 Å². The summed E-state index contributed by atoms with van der Waals surface area (Å²) >= 11 is 0. The van der Waals surface area contributed by atoms with Gasteiger partial charge < -0.3 is 4.90 Å². The molecule has 6 nitrogen and oxygen atoms in total. The minimum atomic E-state index is -0.740. The van der Waals surface area contributed by atoms with Gasteiger partial charge >= 0.3 is 0 Å². The largest absolute Gasteiger partial charge is 0.355 e. The van der Waals surface area contributed by atoms with Crippen LogP contribution in [0.4, 0.5) is 10.2 Å². The average molecular weight is 617 g/mol. The highest BCUT2D eigenvalue weighted by molar-refractivity contribution is 6.03. The van der Waals surface area contributed by atoms with Crippen molar-refractivity contribution in [3.05, 3.63) is 129 Å². The van der Waals surface area contributed by atoms with Crippen LogP contribution in [-0.4, -0.2) is 35.2 Å². The highest BCUT2D eigenvalue weighted by Gasteiger charge is 2.21. The van der Waals surface area contributed by atoms with Crippen LogP contribution in [-0.2, 0) is 32.2 Å². The molecule has 0 saturated heterocycles. The van der Waals surface area contributed by atoms with Gasteiger partial charge in [0.15, 0.2) is 29.0 Å². The van der Waals surface area contributed by atoms with E-state index in [1.54, 1.807) is 30.1 Å². The summed E-state index contributed by atoms with van der Waals surface area (Å²) in [6, 6.07) is 21.5. The number of hydrogen-bond donors (Lipinski definition) is 0. The quantitative estimate of drug-likeness (QED) is 0.145. The van der Waals surface area contributed by atoms with E-state index >= 15 is 0 Å². The maximum absolute atomic E-state index is 14.8. The predicted molar refractivity (Wildman–Crippen MR) is 175 cm³/mol. The molecule has 0 unspecified atom stereocenters. The van der Waals surface area contributed by atoms with Gasteiger partial charge in [0.25, 0.3) is 0 Å². The lowest BCUT2D eigenvalue weighted by molar-refractivity contribution is 0.0912. The SMILES string of the molecule is CN(Cc1ccccc1C(=O)CCC(=O)c1ccc2c(c1)CCC2)c1ccc(F)c(C(=O)CCC(=O)c2ccc3c(c2)CCC3)n1. The smallest absolute Gasteiger partial charge is 0.184 e. The van der Waals surface area contributed by atoms with Crippen molar-refractivity contribution < 1.29 is 23.6 Å². The third-order valence-electron chi connectivity index (χ3n) is 9.21. The summed E-state index contributed by atoms with van der Waals surface area (Å²) < 4.78 is 14.8. The number of anilines is 1. The van der Waals surface area contributed by atoms with Crippen LogP contribution in [0.3, 0.4) is 0 Å². The molecular formula is C39H37FN2O4. The maximum atomic E-state index is 14.8. The summed E-state index contributed by atoms with van der Waals surface area (Å²) in [6.45, 7) is 0.282. The Morgan fingerprint density at radius 1 is 0.652 bits per heavy atom. The molecule has 0 N–H and O–H groups in total. The van der Waals surface area contributed by atoms with Crippen LogP contribution in [0.1, 0.15) is 108 Å². The number of hydrogen-bond acceptors (Lipinski definition) is 6. The first-order valence-corrected chi connectivity index (χ1v) is 16.1. The van der Waals surface area contributed by atoms with Gasteiger partial charge in [-0.15, -0.1) is 0 Å². The van der Waals surface area contributed by atoms with Crippen molar-refractivity contribution in [2.45, 2.75) is 70.8 Å². The third kappa shape index (κ3) is 6.89. The van der Waals surface area contributed by atoms with Gasteiger partial charge in [0.1, 0.15) is 11.5 Å². The number of nitrogens with zero attached hydrogens (tertiary/aromatic N) is 2. The molecule has 4 aromatic rings. The summed E-state index contributed by atoms with van der Waals surface area (Å²) in [7, 11) is 1.75. The number of aromatic nitrogens is 1. The van der Waals surface area contributed by atoms with Crippen LogP contribution >= 0.6 is 0 Å². The maximum Gasteiger partial charge on any atom is 0.184 e. The molecule has 2 aliphatic carbocycles. The fourth-order valence-electron chi connectivity index (χ4n) is 6.59. The van der Waals surface area contributed by atoms with E-state index in [2.05, 4.69) is 4.98 Å². The number of ketones is 4. The van der Waals surface area contributed by atoms with E-state index in [0.717, 1.165) is 44.1 Å². The van der Waals surface area contributed by atoms with Crippen LogP contribution in [0.5, 0.6) is 0 Å². The Morgan fingerprint density at radius 3 is 1.83 bits per heavy atom. The van der Waals surface area contributed by atoms with E-state index in [4.69, 9.17) is 0 Å². The molecule has 0 fully saturated rings. The second kappa shape index (κ2) is 13.7. The van der Waals surface area contributed by atoms with Crippen LogP contribution in [0.25, 0.3) is 0 Å². The van der Waals surface area contributed by atoms with Gasteiger partial charge in [-0.2, -0.15) is 0 Å². The molecule has 1 heterocycles. The second-order valence-corrected chi connectivity index (χ2v) is 12.4. The van der Waals surface area contributed by atoms with Crippen molar-refractivity contribution in [2.75, 3.05) is 11.9 Å².